The summed E-state index contributed by atoms with van der Waals surface area (Å²) in [4.78, 5) is 27.9. The van der Waals surface area contributed by atoms with Crippen LogP contribution in [-0.4, -0.2) is 39.0 Å². The normalized spacial score (nSPS) is 11.9. The quantitative estimate of drug-likeness (QED) is 0.158. The summed E-state index contributed by atoms with van der Waals surface area (Å²) in [6.45, 7) is 0. The first-order chi connectivity index (χ1) is 38.0. The number of nitrogens with zero attached hydrogens (tertiary/aromatic N) is 8. The van der Waals surface area contributed by atoms with Crippen LogP contribution in [0.4, 0.5) is 0 Å². The van der Waals surface area contributed by atoms with Crippen molar-refractivity contribution in [3.63, 3.8) is 0 Å². The molecule has 0 saturated heterocycles. The number of rotatable bonds is 7. The average Bonchev–Trinajstić information content (AvgIpc) is 4.02. The summed E-state index contributed by atoms with van der Waals surface area (Å²) < 4.78 is 4.59. The van der Waals surface area contributed by atoms with E-state index in [0.29, 0.717) is 23.3 Å². The van der Waals surface area contributed by atoms with Crippen LogP contribution in [0.1, 0.15) is 11.1 Å². The molecule has 15 rings (SSSR count). The lowest BCUT2D eigenvalue weighted by molar-refractivity contribution is 1.06. The SMILES string of the molecule is Clc1nc(-c2cc3c4c(cccc4c2)CC=C3)nc(-c2cccc3c4ccccc4n(-c4ccccc4)c23)n1.Clc1nc(-c2ccccc2)nc(-c2ccc3c4c(-c5ccccc5)cccc4n(-c4ccccc4)c3c2)n1. The van der Waals surface area contributed by atoms with E-state index in [1.807, 2.05) is 48.5 Å². The predicted molar refractivity (Wildman–Crippen MR) is 316 cm³/mol. The van der Waals surface area contributed by atoms with Crippen molar-refractivity contribution >= 4 is 83.7 Å². The maximum absolute atomic E-state index is 6.58. The second kappa shape index (κ2) is 19.3. The predicted octanol–water partition coefficient (Wildman–Crippen LogP) is 17.3. The molecule has 1 aliphatic carbocycles. The Bertz CT molecular complexity index is 4610. The maximum Gasteiger partial charge on any atom is 0.226 e. The van der Waals surface area contributed by atoms with E-state index in [0.717, 1.165) is 72.9 Å². The van der Waals surface area contributed by atoms with Crippen molar-refractivity contribution in [3.8, 4) is 68.1 Å². The highest BCUT2D eigenvalue weighted by Crippen LogP contribution is 2.41. The Morgan fingerprint density at radius 2 is 0.922 bits per heavy atom. The fourth-order valence-electron chi connectivity index (χ4n) is 11.0. The van der Waals surface area contributed by atoms with E-state index < -0.39 is 0 Å². The Labute approximate surface area is 452 Å². The van der Waals surface area contributed by atoms with Crippen molar-refractivity contribution in [1.82, 2.24) is 39.0 Å². The van der Waals surface area contributed by atoms with E-state index in [1.165, 1.54) is 43.8 Å². The molecule has 0 radical (unpaired) electrons. The average molecular weight is 1030 g/mol. The van der Waals surface area contributed by atoms with E-state index >= 15 is 0 Å². The van der Waals surface area contributed by atoms with E-state index in [9.17, 15) is 0 Å². The second-order valence-corrected chi connectivity index (χ2v) is 19.6. The van der Waals surface area contributed by atoms with Gasteiger partial charge in [0, 0.05) is 55.2 Å². The number of halogens is 2. The Balaban J connectivity index is 0.000000140. The van der Waals surface area contributed by atoms with E-state index in [4.69, 9.17) is 33.2 Å². The molecule has 0 amide bonds. The summed E-state index contributed by atoms with van der Waals surface area (Å²) in [5.74, 6) is 2.20. The van der Waals surface area contributed by atoms with Gasteiger partial charge in [0.15, 0.2) is 23.3 Å². The molecule has 0 fully saturated rings. The number of aromatic nitrogens is 8. The molecular weight excluding hydrogens is 988 g/mol. The minimum absolute atomic E-state index is 0.170. The van der Waals surface area contributed by atoms with Crippen LogP contribution < -0.4 is 0 Å². The first kappa shape index (κ1) is 46.0. The fourth-order valence-corrected chi connectivity index (χ4v) is 11.4. The highest BCUT2D eigenvalue weighted by molar-refractivity contribution is 6.29. The Morgan fingerprint density at radius 3 is 1.68 bits per heavy atom. The van der Waals surface area contributed by atoms with Gasteiger partial charge in [0.1, 0.15) is 0 Å². The van der Waals surface area contributed by atoms with Crippen LogP contribution >= 0.6 is 23.2 Å². The van der Waals surface area contributed by atoms with E-state index in [2.05, 4.69) is 223 Å². The fraction of sp³-hybridized carbons (Fsp3) is 0.0149. The van der Waals surface area contributed by atoms with Gasteiger partial charge in [-0.3, -0.25) is 0 Å². The molecule has 0 bridgehead atoms. The third-order valence-electron chi connectivity index (χ3n) is 14.3. The van der Waals surface area contributed by atoms with Crippen molar-refractivity contribution in [3.05, 3.63) is 258 Å². The number of benzene rings is 10. The maximum atomic E-state index is 6.58. The zero-order valence-corrected chi connectivity index (χ0v) is 42.6. The van der Waals surface area contributed by atoms with Crippen molar-refractivity contribution in [2.45, 2.75) is 6.42 Å². The number of allylic oxidation sites excluding steroid dienone is 1. The highest BCUT2D eigenvalue weighted by Gasteiger charge is 2.22. The minimum Gasteiger partial charge on any atom is -0.309 e. The molecule has 1 aliphatic rings. The number of fused-ring (bicyclic) bond motifs is 6. The van der Waals surface area contributed by atoms with Crippen LogP contribution in [-0.2, 0) is 6.42 Å². The molecule has 0 aliphatic heterocycles. The summed E-state index contributed by atoms with van der Waals surface area (Å²) in [6.07, 6.45) is 5.34. The molecule has 0 N–H and O–H groups in total. The first-order valence-corrected chi connectivity index (χ1v) is 26.1. The monoisotopic (exact) mass is 1030 g/mol. The Morgan fingerprint density at radius 1 is 0.351 bits per heavy atom. The van der Waals surface area contributed by atoms with Gasteiger partial charge in [-0.15, -0.1) is 0 Å². The lowest BCUT2D eigenvalue weighted by Crippen LogP contribution is -2.01. The van der Waals surface area contributed by atoms with E-state index in [1.54, 1.807) is 0 Å². The van der Waals surface area contributed by atoms with Crippen LogP contribution in [0.5, 0.6) is 0 Å². The van der Waals surface area contributed by atoms with Crippen molar-refractivity contribution < 1.29 is 0 Å². The molecule has 4 aromatic heterocycles. The zero-order chi connectivity index (χ0) is 51.4. The number of hydrogen-bond acceptors (Lipinski definition) is 6. The lowest BCUT2D eigenvalue weighted by atomic mass is 9.91. The molecule has 0 unspecified atom stereocenters. The molecule has 14 aromatic rings. The van der Waals surface area contributed by atoms with Gasteiger partial charge in [-0.2, -0.15) is 19.9 Å². The minimum atomic E-state index is 0.170. The largest absolute Gasteiger partial charge is 0.309 e. The molecule has 10 aromatic carbocycles. The molecule has 364 valence electrons. The summed E-state index contributed by atoms with van der Waals surface area (Å²) in [7, 11) is 0. The lowest BCUT2D eigenvalue weighted by Gasteiger charge is -2.15. The Hall–Kier alpha value is -9.60. The van der Waals surface area contributed by atoms with Gasteiger partial charge >= 0.3 is 0 Å². The molecular formula is C67H42Cl2N8. The van der Waals surface area contributed by atoms with Gasteiger partial charge in [-0.25, -0.2) is 9.97 Å². The molecule has 10 heteroatoms. The van der Waals surface area contributed by atoms with Gasteiger partial charge in [-0.05, 0) is 123 Å². The van der Waals surface area contributed by atoms with Gasteiger partial charge in [-0.1, -0.05) is 182 Å². The van der Waals surface area contributed by atoms with Gasteiger partial charge in [0.25, 0.3) is 0 Å². The molecule has 0 saturated carbocycles. The van der Waals surface area contributed by atoms with Crippen molar-refractivity contribution in [2.24, 2.45) is 0 Å². The van der Waals surface area contributed by atoms with Crippen molar-refractivity contribution in [2.75, 3.05) is 0 Å². The third-order valence-corrected chi connectivity index (χ3v) is 14.7. The highest BCUT2D eigenvalue weighted by atomic mass is 35.5. The van der Waals surface area contributed by atoms with Gasteiger partial charge in [0.2, 0.25) is 10.6 Å². The molecule has 0 spiro atoms. The smallest absolute Gasteiger partial charge is 0.226 e. The third kappa shape index (κ3) is 8.28. The second-order valence-electron chi connectivity index (χ2n) is 18.9. The van der Waals surface area contributed by atoms with Crippen LogP contribution in [0, 0.1) is 0 Å². The number of hydrogen-bond donors (Lipinski definition) is 0. The van der Waals surface area contributed by atoms with E-state index in [-0.39, 0.29) is 10.6 Å². The standard InChI is InChI=1S/C34H21ClN4.C33H21ClN4/c35-34-37-32(24-19-22-11-6-9-21-10-7-12-23(20-24)30(21)22)36-33(38-34)28-17-8-16-27-26-15-4-5-18-29(26)39(31(27)28)25-13-2-1-3-14-25;34-33-36-31(23-13-6-2-7-14-23)35-32(37-33)24-19-20-27-29(21-24)38(25-15-8-3-9-16-25)28-18-10-17-26(30(27)28)22-11-4-1-5-12-22/h1-9,11-20H,10H2;1-21H. The summed E-state index contributed by atoms with van der Waals surface area (Å²) in [5, 5.41) is 7.50. The van der Waals surface area contributed by atoms with Crippen molar-refractivity contribution in [1.29, 1.82) is 0 Å². The van der Waals surface area contributed by atoms with Crippen LogP contribution in [0.25, 0.3) is 129 Å². The van der Waals surface area contributed by atoms with Crippen LogP contribution in [0.3, 0.4) is 0 Å². The zero-order valence-electron chi connectivity index (χ0n) is 41.1. The molecule has 8 nitrogen and oxygen atoms in total. The molecule has 0 atom stereocenters. The molecule has 4 heterocycles. The van der Waals surface area contributed by atoms with Gasteiger partial charge < -0.3 is 9.13 Å². The van der Waals surface area contributed by atoms with Gasteiger partial charge in [0.05, 0.1) is 22.1 Å². The first-order valence-electron chi connectivity index (χ1n) is 25.4. The summed E-state index contributed by atoms with van der Waals surface area (Å²) >= 11 is 13.0. The number of para-hydroxylation sites is 4. The topological polar surface area (TPSA) is 87.2 Å². The van der Waals surface area contributed by atoms with Crippen LogP contribution in [0.15, 0.2) is 237 Å². The molecule has 77 heavy (non-hydrogen) atoms. The van der Waals surface area contributed by atoms with Crippen LogP contribution in [0.2, 0.25) is 10.6 Å². The summed E-state index contributed by atoms with van der Waals surface area (Å²) in [5.41, 5.74) is 15.0. The summed E-state index contributed by atoms with van der Waals surface area (Å²) in [6, 6.07) is 79.6. The Kier molecular flexibility index (Phi) is 11.5.